The van der Waals surface area contributed by atoms with Gasteiger partial charge >= 0.3 is 0 Å². The molecule has 0 radical (unpaired) electrons. The maximum Gasteiger partial charge on any atom is 0.224 e. The smallest absolute Gasteiger partial charge is 0.224 e. The molecule has 29 heavy (non-hydrogen) atoms. The van der Waals surface area contributed by atoms with Gasteiger partial charge in [0.1, 0.15) is 0 Å². The Morgan fingerprint density at radius 1 is 1.10 bits per heavy atom. The summed E-state index contributed by atoms with van der Waals surface area (Å²) >= 11 is 0. The molecule has 1 aliphatic carbocycles. The van der Waals surface area contributed by atoms with E-state index in [1.807, 2.05) is 17.0 Å². The van der Waals surface area contributed by atoms with E-state index in [-0.39, 0.29) is 29.4 Å². The van der Waals surface area contributed by atoms with Crippen LogP contribution in [0, 0.1) is 23.7 Å². The maximum atomic E-state index is 12.8. The molecule has 5 nitrogen and oxygen atoms in total. The summed E-state index contributed by atoms with van der Waals surface area (Å²) in [5, 5.41) is 2.87. The van der Waals surface area contributed by atoms with Crippen molar-refractivity contribution in [2.24, 2.45) is 23.7 Å². The van der Waals surface area contributed by atoms with Crippen LogP contribution in [0.2, 0.25) is 0 Å². The predicted octanol–water partition coefficient (Wildman–Crippen LogP) is 3.47. The first-order chi connectivity index (χ1) is 13.8. The minimum absolute atomic E-state index is 0.00828. The van der Waals surface area contributed by atoms with Gasteiger partial charge in [0, 0.05) is 43.5 Å². The summed E-state index contributed by atoms with van der Waals surface area (Å²) in [5.41, 5.74) is 2.04. The van der Waals surface area contributed by atoms with Crippen LogP contribution in [0.25, 0.3) is 0 Å². The van der Waals surface area contributed by atoms with Gasteiger partial charge in [0.15, 0.2) is 5.78 Å². The highest BCUT2D eigenvalue weighted by molar-refractivity contribution is 5.98. The van der Waals surface area contributed by atoms with Crippen molar-refractivity contribution in [2.75, 3.05) is 19.6 Å². The van der Waals surface area contributed by atoms with Gasteiger partial charge in [0.25, 0.3) is 0 Å². The fourth-order valence-corrected chi connectivity index (χ4v) is 4.17. The number of nitrogens with one attached hydrogen (secondary N) is 1. The average molecular weight is 399 g/mol. The van der Waals surface area contributed by atoms with E-state index in [9.17, 15) is 14.4 Å². The van der Waals surface area contributed by atoms with Crippen molar-refractivity contribution in [2.45, 2.75) is 52.9 Å². The van der Waals surface area contributed by atoms with Crippen molar-refractivity contribution in [3.8, 4) is 0 Å². The number of amides is 2. The lowest BCUT2D eigenvalue weighted by atomic mass is 9.88. The monoisotopic (exact) mass is 398 g/mol. The van der Waals surface area contributed by atoms with Crippen molar-refractivity contribution in [3.05, 3.63) is 35.4 Å². The highest BCUT2D eigenvalue weighted by Crippen LogP contribution is 2.37. The fraction of sp³-hybridized carbons (Fsp3) is 0.625. The van der Waals surface area contributed by atoms with Crippen LogP contribution in [0.5, 0.6) is 0 Å². The number of Topliss-reactive ketones (excluding diaryl/α,β-unsaturated/α-hetero) is 1. The van der Waals surface area contributed by atoms with Crippen LogP contribution >= 0.6 is 0 Å². The number of likely N-dealkylation sites (tertiary alicyclic amines) is 1. The second-order valence-electron chi connectivity index (χ2n) is 9.17. The second-order valence-corrected chi connectivity index (χ2v) is 9.17. The number of piperidine rings is 1. The number of nitrogens with zero attached hydrogens (tertiary/aromatic N) is 1. The molecular weight excluding hydrogens is 364 g/mol. The summed E-state index contributed by atoms with van der Waals surface area (Å²) in [6.45, 7) is 8.09. The average Bonchev–Trinajstić information content (AvgIpc) is 3.44. The number of ketones is 1. The molecule has 2 fully saturated rings. The number of hydrogen-bond donors (Lipinski definition) is 1. The number of carbonyl (C=O) groups excluding carboxylic acids is 3. The zero-order valence-corrected chi connectivity index (χ0v) is 17.9. The Bertz CT molecular complexity index is 733. The first-order valence-corrected chi connectivity index (χ1v) is 11.0. The lowest BCUT2D eigenvalue weighted by Gasteiger charge is -2.31. The van der Waals surface area contributed by atoms with Crippen LogP contribution in [-0.4, -0.2) is 42.1 Å². The van der Waals surface area contributed by atoms with Crippen LogP contribution < -0.4 is 5.32 Å². The third-order valence-electron chi connectivity index (χ3n) is 6.19. The Balaban J connectivity index is 1.40. The summed E-state index contributed by atoms with van der Waals surface area (Å²) in [7, 11) is 0. The summed E-state index contributed by atoms with van der Waals surface area (Å²) in [6, 6.07) is 8.01. The number of benzene rings is 1. The molecule has 2 unspecified atom stereocenters. The van der Waals surface area contributed by atoms with Gasteiger partial charge in [-0.25, -0.2) is 0 Å². The largest absolute Gasteiger partial charge is 0.355 e. The van der Waals surface area contributed by atoms with E-state index < -0.39 is 0 Å². The van der Waals surface area contributed by atoms with Crippen molar-refractivity contribution >= 4 is 17.6 Å². The topological polar surface area (TPSA) is 66.5 Å². The van der Waals surface area contributed by atoms with E-state index >= 15 is 0 Å². The van der Waals surface area contributed by atoms with Crippen molar-refractivity contribution in [1.82, 2.24) is 10.2 Å². The van der Waals surface area contributed by atoms with E-state index in [2.05, 4.69) is 38.2 Å². The molecule has 1 saturated heterocycles. The molecule has 2 aliphatic rings. The van der Waals surface area contributed by atoms with Crippen molar-refractivity contribution in [3.63, 3.8) is 0 Å². The van der Waals surface area contributed by atoms with E-state index in [1.54, 1.807) is 0 Å². The minimum Gasteiger partial charge on any atom is -0.355 e. The van der Waals surface area contributed by atoms with Gasteiger partial charge in [-0.2, -0.15) is 0 Å². The van der Waals surface area contributed by atoms with Gasteiger partial charge in [-0.3, -0.25) is 14.4 Å². The third kappa shape index (κ3) is 5.91. The van der Waals surface area contributed by atoms with Crippen LogP contribution in [0.4, 0.5) is 0 Å². The Morgan fingerprint density at radius 2 is 1.72 bits per heavy atom. The number of carbonyl (C=O) groups is 3. The standard InChI is InChI=1S/C24H34N2O3/c1-16(2)14-18-4-6-19(7-5-18)23(28)20-9-12-26(13-10-20)22(27)8-11-25-24(29)21-15-17(21)3/h4-7,16-17,20-21H,8-15H2,1-3H3,(H,25,29). The first kappa shape index (κ1) is 21.5. The van der Waals surface area contributed by atoms with E-state index in [1.165, 1.54) is 5.56 Å². The van der Waals surface area contributed by atoms with E-state index in [4.69, 9.17) is 0 Å². The molecule has 1 N–H and O–H groups in total. The van der Waals surface area contributed by atoms with E-state index in [0.29, 0.717) is 50.7 Å². The summed E-state index contributed by atoms with van der Waals surface area (Å²) in [4.78, 5) is 38.9. The molecule has 5 heteroatoms. The molecule has 1 aliphatic heterocycles. The van der Waals surface area contributed by atoms with Crippen LogP contribution in [0.1, 0.15) is 62.4 Å². The van der Waals surface area contributed by atoms with Gasteiger partial charge in [0.05, 0.1) is 0 Å². The zero-order valence-electron chi connectivity index (χ0n) is 17.9. The molecule has 1 aromatic carbocycles. The zero-order chi connectivity index (χ0) is 21.0. The van der Waals surface area contributed by atoms with Gasteiger partial charge in [-0.1, -0.05) is 45.0 Å². The lowest BCUT2D eigenvalue weighted by Crippen LogP contribution is -2.41. The molecule has 158 valence electrons. The molecule has 0 spiro atoms. The third-order valence-corrected chi connectivity index (χ3v) is 6.19. The Labute approximate surface area is 174 Å². The van der Waals surface area contributed by atoms with Gasteiger partial charge < -0.3 is 10.2 Å². The molecule has 1 aromatic rings. The van der Waals surface area contributed by atoms with Gasteiger partial charge in [-0.05, 0) is 43.1 Å². The molecule has 2 amide bonds. The Morgan fingerprint density at radius 3 is 2.28 bits per heavy atom. The van der Waals surface area contributed by atoms with Crippen LogP contribution in [0.3, 0.4) is 0 Å². The molecule has 3 rings (SSSR count). The van der Waals surface area contributed by atoms with Crippen LogP contribution in [-0.2, 0) is 16.0 Å². The van der Waals surface area contributed by atoms with E-state index in [0.717, 1.165) is 18.4 Å². The number of hydrogen-bond acceptors (Lipinski definition) is 3. The highest BCUT2D eigenvalue weighted by Gasteiger charge is 2.38. The number of rotatable bonds is 8. The molecule has 0 aromatic heterocycles. The lowest BCUT2D eigenvalue weighted by molar-refractivity contribution is -0.132. The fourth-order valence-electron chi connectivity index (χ4n) is 4.17. The minimum atomic E-state index is -0.00828. The first-order valence-electron chi connectivity index (χ1n) is 11.0. The molecule has 2 atom stereocenters. The molecule has 0 bridgehead atoms. The predicted molar refractivity (Wildman–Crippen MR) is 114 cm³/mol. The summed E-state index contributed by atoms with van der Waals surface area (Å²) < 4.78 is 0. The summed E-state index contributed by atoms with van der Waals surface area (Å²) in [5.74, 6) is 1.56. The Hall–Kier alpha value is -2.17. The highest BCUT2D eigenvalue weighted by atomic mass is 16.2. The maximum absolute atomic E-state index is 12.8. The van der Waals surface area contributed by atoms with Gasteiger partial charge in [-0.15, -0.1) is 0 Å². The quantitative estimate of drug-likeness (QED) is 0.682. The van der Waals surface area contributed by atoms with Crippen LogP contribution in [0.15, 0.2) is 24.3 Å². The summed E-state index contributed by atoms with van der Waals surface area (Å²) in [6.07, 6.45) is 3.74. The Kier molecular flexibility index (Phi) is 7.09. The molecular formula is C24H34N2O3. The van der Waals surface area contributed by atoms with Gasteiger partial charge in [0.2, 0.25) is 11.8 Å². The molecule has 1 saturated carbocycles. The normalized spacial score (nSPS) is 21.9. The SMILES string of the molecule is CC(C)Cc1ccc(C(=O)C2CCN(C(=O)CCNC(=O)C3CC3C)CC2)cc1. The second kappa shape index (κ2) is 9.55. The molecule has 1 heterocycles. The van der Waals surface area contributed by atoms with Crippen molar-refractivity contribution < 1.29 is 14.4 Å². The van der Waals surface area contributed by atoms with Crippen molar-refractivity contribution in [1.29, 1.82) is 0 Å².